The van der Waals surface area contributed by atoms with E-state index < -0.39 is 29.1 Å². The van der Waals surface area contributed by atoms with Gasteiger partial charge in [0.1, 0.15) is 5.01 Å². The minimum Gasteiger partial charge on any atom is -0.374 e. The Labute approximate surface area is 150 Å². The van der Waals surface area contributed by atoms with Crippen LogP contribution in [0.15, 0.2) is 16.8 Å². The van der Waals surface area contributed by atoms with Gasteiger partial charge in [0.25, 0.3) is 0 Å². The molecule has 0 saturated carbocycles. The number of hydrogen-bond donors (Lipinski definition) is 1. The number of halogens is 3. The van der Waals surface area contributed by atoms with Gasteiger partial charge in [0, 0.05) is 22.5 Å². The monoisotopic (exact) mass is 390 g/mol. The lowest BCUT2D eigenvalue weighted by Gasteiger charge is -2.36. The summed E-state index contributed by atoms with van der Waals surface area (Å²) in [5.41, 5.74) is -1.92. The number of alkyl halides is 3. The van der Waals surface area contributed by atoms with Crippen LogP contribution in [0.3, 0.4) is 0 Å². The van der Waals surface area contributed by atoms with Gasteiger partial charge in [-0.05, 0) is 37.3 Å². The Bertz CT molecular complexity index is 786. The molecule has 0 aliphatic carbocycles. The van der Waals surface area contributed by atoms with Crippen LogP contribution in [0.1, 0.15) is 40.5 Å². The average molecular weight is 390 g/mol. The summed E-state index contributed by atoms with van der Waals surface area (Å²) >= 11 is 2.30. The van der Waals surface area contributed by atoms with Crippen molar-refractivity contribution in [1.82, 2.24) is 9.88 Å². The predicted molar refractivity (Wildman–Crippen MR) is 89.6 cm³/mol. The number of aromatic nitrogens is 1. The zero-order valence-electron chi connectivity index (χ0n) is 13.6. The summed E-state index contributed by atoms with van der Waals surface area (Å²) in [6.07, 6.45) is -5.43. The molecule has 136 valence electrons. The van der Waals surface area contributed by atoms with Crippen molar-refractivity contribution in [2.75, 3.05) is 6.54 Å². The van der Waals surface area contributed by atoms with Gasteiger partial charge in [-0.15, -0.1) is 22.7 Å². The zero-order valence-corrected chi connectivity index (χ0v) is 15.3. The zero-order chi connectivity index (χ0) is 18.4. The summed E-state index contributed by atoms with van der Waals surface area (Å²) in [5.74, 6) is -0.725. The third kappa shape index (κ3) is 3.20. The second-order valence-electron chi connectivity index (χ2n) is 6.14. The van der Waals surface area contributed by atoms with Crippen molar-refractivity contribution in [2.24, 2.45) is 0 Å². The van der Waals surface area contributed by atoms with E-state index in [1.54, 1.807) is 25.2 Å². The smallest absolute Gasteiger partial charge is 0.374 e. The van der Waals surface area contributed by atoms with Gasteiger partial charge in [0.15, 0.2) is 0 Å². The molecule has 0 aromatic carbocycles. The van der Waals surface area contributed by atoms with Gasteiger partial charge in [-0.25, -0.2) is 4.98 Å². The lowest BCUT2D eigenvalue weighted by molar-refractivity contribution is -0.268. The number of carbonyl (C=O) groups is 1. The molecule has 9 heteroatoms. The standard InChI is InChI=1S/C16H17F3N2O2S2/c1-9-8-25-14(20-9)15(23,16(17,18)19)7-13(22)21-5-3-12-11(10(21)2)4-6-24-12/h4,6,8,10,23H,3,5,7H2,1-2H3/t10-,15-/m1/s1. The lowest BCUT2D eigenvalue weighted by atomic mass is 9.95. The molecule has 3 heterocycles. The summed E-state index contributed by atoms with van der Waals surface area (Å²) in [4.78, 5) is 19.0. The second-order valence-corrected chi connectivity index (χ2v) is 8.00. The van der Waals surface area contributed by atoms with Crippen LogP contribution in [-0.2, 0) is 16.8 Å². The maximum absolute atomic E-state index is 13.6. The molecule has 25 heavy (non-hydrogen) atoms. The first-order valence-corrected chi connectivity index (χ1v) is 9.47. The van der Waals surface area contributed by atoms with E-state index in [-0.39, 0.29) is 6.04 Å². The molecule has 0 spiro atoms. The Balaban J connectivity index is 1.87. The van der Waals surface area contributed by atoms with Crippen molar-refractivity contribution in [3.63, 3.8) is 0 Å². The van der Waals surface area contributed by atoms with Gasteiger partial charge < -0.3 is 10.0 Å². The Hall–Kier alpha value is -1.45. The Morgan fingerprint density at radius 3 is 2.76 bits per heavy atom. The quantitative estimate of drug-likeness (QED) is 0.867. The number of aliphatic hydroxyl groups is 1. The van der Waals surface area contributed by atoms with Crippen LogP contribution in [0.25, 0.3) is 0 Å². The van der Waals surface area contributed by atoms with Crippen LogP contribution >= 0.6 is 22.7 Å². The summed E-state index contributed by atoms with van der Waals surface area (Å²) in [7, 11) is 0. The van der Waals surface area contributed by atoms with Crippen LogP contribution in [-0.4, -0.2) is 33.6 Å². The van der Waals surface area contributed by atoms with E-state index in [1.165, 1.54) is 10.3 Å². The number of hydrogen-bond acceptors (Lipinski definition) is 5. The van der Waals surface area contributed by atoms with Gasteiger partial charge in [-0.1, -0.05) is 0 Å². The molecule has 1 amide bonds. The number of thiophene rings is 1. The third-order valence-corrected chi connectivity index (χ3v) is 6.55. The molecule has 2 aromatic rings. The van der Waals surface area contributed by atoms with Crippen molar-refractivity contribution >= 4 is 28.6 Å². The summed E-state index contributed by atoms with van der Waals surface area (Å²) in [6.45, 7) is 3.69. The van der Waals surface area contributed by atoms with Gasteiger partial charge >= 0.3 is 6.18 Å². The van der Waals surface area contributed by atoms with Crippen LogP contribution < -0.4 is 0 Å². The SMILES string of the molecule is Cc1csc([C@](O)(CC(=O)N2CCc3sccc3[C@H]2C)C(F)(F)F)n1. The van der Waals surface area contributed by atoms with Crippen LogP contribution in [0.5, 0.6) is 0 Å². The lowest BCUT2D eigenvalue weighted by Crippen LogP contribution is -2.48. The number of aryl methyl sites for hydroxylation is 1. The van der Waals surface area contributed by atoms with E-state index >= 15 is 0 Å². The first-order valence-electron chi connectivity index (χ1n) is 7.71. The number of carbonyl (C=O) groups excluding carboxylic acids is 1. The highest BCUT2D eigenvalue weighted by Crippen LogP contribution is 2.44. The molecular formula is C16H17F3N2O2S2. The molecule has 0 fully saturated rings. The summed E-state index contributed by atoms with van der Waals surface area (Å²) in [6, 6.07) is 1.59. The maximum Gasteiger partial charge on any atom is 0.424 e. The van der Waals surface area contributed by atoms with Crippen molar-refractivity contribution in [1.29, 1.82) is 0 Å². The van der Waals surface area contributed by atoms with Gasteiger partial charge in [-0.3, -0.25) is 4.79 Å². The van der Waals surface area contributed by atoms with E-state index in [9.17, 15) is 23.1 Å². The van der Waals surface area contributed by atoms with E-state index in [4.69, 9.17) is 0 Å². The third-order valence-electron chi connectivity index (χ3n) is 4.45. The molecule has 2 aromatic heterocycles. The average Bonchev–Trinajstić information content (AvgIpc) is 3.15. The van der Waals surface area contributed by atoms with Crippen molar-refractivity contribution in [2.45, 2.75) is 44.5 Å². The first-order chi connectivity index (χ1) is 11.6. The second kappa shape index (κ2) is 6.37. The molecule has 2 atom stereocenters. The molecule has 4 nitrogen and oxygen atoms in total. The molecule has 3 rings (SSSR count). The van der Waals surface area contributed by atoms with Crippen molar-refractivity contribution in [3.8, 4) is 0 Å². The molecule has 1 aliphatic rings. The number of amides is 1. The van der Waals surface area contributed by atoms with Gasteiger partial charge in [0.05, 0.1) is 12.5 Å². The van der Waals surface area contributed by atoms with Crippen molar-refractivity contribution < 1.29 is 23.1 Å². The van der Waals surface area contributed by atoms with Crippen LogP contribution in [0.4, 0.5) is 13.2 Å². The van der Waals surface area contributed by atoms with Gasteiger partial charge in [-0.2, -0.15) is 13.2 Å². The highest BCUT2D eigenvalue weighted by atomic mass is 32.1. The first kappa shape index (κ1) is 18.3. The predicted octanol–water partition coefficient (Wildman–Crippen LogP) is 3.80. The Kier molecular flexibility index (Phi) is 4.67. The van der Waals surface area contributed by atoms with E-state index in [0.717, 1.165) is 10.4 Å². The van der Waals surface area contributed by atoms with Crippen LogP contribution in [0, 0.1) is 6.92 Å². The largest absolute Gasteiger partial charge is 0.424 e. The normalized spacial score (nSPS) is 20.2. The maximum atomic E-state index is 13.6. The summed E-state index contributed by atoms with van der Waals surface area (Å²) in [5, 5.41) is 13.2. The molecule has 1 N–H and O–H groups in total. The number of nitrogens with zero attached hydrogens (tertiary/aromatic N) is 2. The minimum atomic E-state index is -4.99. The van der Waals surface area contributed by atoms with E-state index in [1.807, 2.05) is 11.4 Å². The van der Waals surface area contributed by atoms with E-state index in [0.29, 0.717) is 30.0 Å². The fourth-order valence-corrected chi connectivity index (χ4v) is 4.89. The highest BCUT2D eigenvalue weighted by molar-refractivity contribution is 7.10. The molecule has 1 aliphatic heterocycles. The molecular weight excluding hydrogens is 373 g/mol. The van der Waals surface area contributed by atoms with Gasteiger partial charge in [0.2, 0.25) is 11.5 Å². The Morgan fingerprint density at radius 1 is 1.44 bits per heavy atom. The number of fused-ring (bicyclic) bond motifs is 1. The fraction of sp³-hybridized carbons (Fsp3) is 0.500. The van der Waals surface area contributed by atoms with E-state index in [2.05, 4.69) is 4.98 Å². The number of thiazole rings is 1. The summed E-state index contributed by atoms with van der Waals surface area (Å²) < 4.78 is 40.7. The van der Waals surface area contributed by atoms with Crippen molar-refractivity contribution in [3.05, 3.63) is 38.0 Å². The molecule has 0 bridgehead atoms. The van der Waals surface area contributed by atoms with Crippen LogP contribution in [0.2, 0.25) is 0 Å². The minimum absolute atomic E-state index is 0.307. The highest BCUT2D eigenvalue weighted by Gasteiger charge is 2.58. The molecule has 0 unspecified atom stereocenters. The topological polar surface area (TPSA) is 53.4 Å². The number of rotatable bonds is 3. The molecule has 0 radical (unpaired) electrons. The fourth-order valence-electron chi connectivity index (χ4n) is 3.01. The molecule has 0 saturated heterocycles. The Morgan fingerprint density at radius 2 is 2.16 bits per heavy atom.